The second kappa shape index (κ2) is 11.5. The number of alkyl halides is 6. The molecule has 2 aromatic carbocycles. The van der Waals surface area contributed by atoms with Crippen LogP contribution in [0.2, 0.25) is 0 Å². The van der Waals surface area contributed by atoms with E-state index in [0.717, 1.165) is 0 Å². The Morgan fingerprint density at radius 1 is 1.03 bits per heavy atom. The lowest BCUT2D eigenvalue weighted by Gasteiger charge is -2.32. The van der Waals surface area contributed by atoms with Crippen molar-refractivity contribution in [3.05, 3.63) is 75.3 Å². The van der Waals surface area contributed by atoms with Gasteiger partial charge >= 0.3 is 12.4 Å². The summed E-state index contributed by atoms with van der Waals surface area (Å²) >= 11 is 0. The van der Waals surface area contributed by atoms with E-state index in [4.69, 9.17) is 4.74 Å². The molecular weight excluding hydrogens is 516 g/mol. The molecule has 1 unspecified atom stereocenters. The first-order valence-corrected chi connectivity index (χ1v) is 11.9. The van der Waals surface area contributed by atoms with E-state index in [-0.39, 0.29) is 38.0 Å². The molecule has 6 nitrogen and oxygen atoms in total. The third-order valence-electron chi connectivity index (χ3n) is 6.03. The molecule has 0 saturated carbocycles. The number of benzene rings is 2. The predicted molar refractivity (Wildman–Crippen MR) is 129 cm³/mol. The molecule has 1 atom stereocenters. The number of aromatic nitrogens is 2. The lowest BCUT2D eigenvalue weighted by molar-refractivity contribution is -0.143. The molecule has 3 aromatic rings. The van der Waals surface area contributed by atoms with Gasteiger partial charge < -0.3 is 9.64 Å². The number of methoxy groups -OCH3 is 1. The van der Waals surface area contributed by atoms with Crippen LogP contribution < -0.4 is 5.56 Å². The molecule has 206 valence electrons. The Kier molecular flexibility index (Phi) is 8.86. The third kappa shape index (κ3) is 6.17. The fraction of sp³-hybridized carbons (Fsp3) is 0.423. The van der Waals surface area contributed by atoms with Crippen LogP contribution in [-0.4, -0.2) is 40.6 Å². The number of halogens is 6. The summed E-state index contributed by atoms with van der Waals surface area (Å²) in [5, 5.41) is 0.322. The minimum Gasteiger partial charge on any atom is -0.383 e. The number of amides is 1. The normalized spacial score (nSPS) is 13.1. The maximum absolute atomic E-state index is 13.6. The van der Waals surface area contributed by atoms with Gasteiger partial charge in [0.1, 0.15) is 5.82 Å². The zero-order valence-electron chi connectivity index (χ0n) is 21.0. The molecule has 1 amide bonds. The van der Waals surface area contributed by atoms with E-state index in [2.05, 4.69) is 4.98 Å². The van der Waals surface area contributed by atoms with E-state index in [1.807, 2.05) is 0 Å². The van der Waals surface area contributed by atoms with E-state index in [1.165, 1.54) is 16.6 Å². The zero-order valence-corrected chi connectivity index (χ0v) is 21.0. The molecule has 1 aromatic heterocycles. The largest absolute Gasteiger partial charge is 0.416 e. The second-order valence-corrected chi connectivity index (χ2v) is 8.65. The summed E-state index contributed by atoms with van der Waals surface area (Å²) in [5.41, 5.74) is -3.97. The number of fused-ring (bicyclic) bond motifs is 1. The maximum atomic E-state index is 13.6. The second-order valence-electron chi connectivity index (χ2n) is 8.65. The van der Waals surface area contributed by atoms with Gasteiger partial charge in [-0.05, 0) is 43.2 Å². The van der Waals surface area contributed by atoms with Crippen molar-refractivity contribution >= 4 is 16.8 Å². The van der Waals surface area contributed by atoms with Crippen molar-refractivity contribution in [2.45, 2.75) is 51.6 Å². The number of para-hydroxylation sites is 1. The number of hydrogen-bond acceptors (Lipinski definition) is 4. The monoisotopic (exact) mass is 543 g/mol. The number of nitrogens with zero attached hydrogens (tertiary/aromatic N) is 3. The Bertz CT molecular complexity index is 1320. The minimum atomic E-state index is -5.10. The number of ether oxygens (including phenoxy) is 1. The van der Waals surface area contributed by atoms with Gasteiger partial charge in [0.15, 0.2) is 0 Å². The lowest BCUT2D eigenvalue weighted by atomic mass is 10.0. The summed E-state index contributed by atoms with van der Waals surface area (Å²) in [5.74, 6) is -0.867. The highest BCUT2D eigenvalue weighted by atomic mass is 19.4. The van der Waals surface area contributed by atoms with Crippen LogP contribution >= 0.6 is 0 Å². The lowest BCUT2D eigenvalue weighted by Crippen LogP contribution is -2.40. The molecule has 0 N–H and O–H groups in total. The molecule has 0 aliphatic rings. The van der Waals surface area contributed by atoms with Gasteiger partial charge in [-0.1, -0.05) is 26.0 Å². The molecule has 0 bridgehead atoms. The van der Waals surface area contributed by atoms with Crippen molar-refractivity contribution in [3.8, 4) is 0 Å². The van der Waals surface area contributed by atoms with Gasteiger partial charge in [0.05, 0.1) is 41.2 Å². The number of rotatable bonds is 9. The van der Waals surface area contributed by atoms with Crippen LogP contribution in [0.4, 0.5) is 26.3 Å². The molecule has 3 rings (SSSR count). The molecule has 1 heterocycles. The molecule has 0 aliphatic heterocycles. The average Bonchev–Trinajstić information content (AvgIpc) is 2.86. The fourth-order valence-corrected chi connectivity index (χ4v) is 4.26. The van der Waals surface area contributed by atoms with Crippen molar-refractivity contribution in [2.24, 2.45) is 0 Å². The van der Waals surface area contributed by atoms with E-state index >= 15 is 0 Å². The van der Waals surface area contributed by atoms with Crippen LogP contribution in [0.25, 0.3) is 10.9 Å². The molecule has 12 heteroatoms. The van der Waals surface area contributed by atoms with Crippen LogP contribution in [0.1, 0.15) is 60.0 Å². The highest BCUT2D eigenvalue weighted by molar-refractivity contribution is 5.95. The van der Waals surface area contributed by atoms with E-state index in [0.29, 0.717) is 29.5 Å². The Balaban J connectivity index is 2.22. The molecule has 0 fully saturated rings. The molecule has 0 saturated heterocycles. The van der Waals surface area contributed by atoms with Crippen molar-refractivity contribution in [3.63, 3.8) is 0 Å². The smallest absolute Gasteiger partial charge is 0.383 e. The van der Waals surface area contributed by atoms with Gasteiger partial charge in [0.25, 0.3) is 11.5 Å². The van der Waals surface area contributed by atoms with E-state index in [1.54, 1.807) is 38.1 Å². The van der Waals surface area contributed by atoms with Crippen LogP contribution in [0.15, 0.2) is 47.3 Å². The molecule has 0 radical (unpaired) electrons. The predicted octanol–water partition coefficient (Wildman–Crippen LogP) is 6.08. The summed E-state index contributed by atoms with van der Waals surface area (Å²) in [6.07, 6.45) is -9.66. The Morgan fingerprint density at radius 2 is 1.63 bits per heavy atom. The fourth-order valence-electron chi connectivity index (χ4n) is 4.26. The highest BCUT2D eigenvalue weighted by Gasteiger charge is 2.38. The van der Waals surface area contributed by atoms with Gasteiger partial charge in [-0.15, -0.1) is 0 Å². The van der Waals surface area contributed by atoms with Crippen molar-refractivity contribution in [2.75, 3.05) is 20.3 Å². The van der Waals surface area contributed by atoms with Crippen LogP contribution in [0.5, 0.6) is 0 Å². The Morgan fingerprint density at radius 3 is 2.16 bits per heavy atom. The SMILES string of the molecule is CCCN(C(=O)c1cc(C(F)(F)F)cc(C(F)(F)F)c1)C(CC)c1nc2ccccc2c(=O)n1CCOC. The number of carbonyl (C=O) groups is 1. The van der Waals surface area contributed by atoms with Crippen molar-refractivity contribution in [1.29, 1.82) is 0 Å². The van der Waals surface area contributed by atoms with E-state index in [9.17, 15) is 35.9 Å². The molecular formula is C26H27F6N3O3. The zero-order chi connectivity index (χ0) is 28.3. The topological polar surface area (TPSA) is 64.4 Å². The summed E-state index contributed by atoms with van der Waals surface area (Å²) < 4.78 is 87.2. The average molecular weight is 544 g/mol. The van der Waals surface area contributed by atoms with Gasteiger partial charge in [-0.25, -0.2) is 4.98 Å². The van der Waals surface area contributed by atoms with E-state index < -0.39 is 46.6 Å². The standard InChI is InChI=1S/C26H27F6N3O3/c1-4-10-34(23(36)16-13-17(25(27,28)29)15-18(14-16)26(30,31)32)21(5-2)22-33-20-9-7-6-8-19(20)24(37)35(22)11-12-38-3/h6-9,13-15,21H,4-5,10-12H2,1-3H3. The van der Waals surface area contributed by atoms with Gasteiger partial charge in [-0.3, -0.25) is 14.2 Å². The quantitative estimate of drug-likeness (QED) is 0.307. The number of carbonyl (C=O) groups excluding carboxylic acids is 1. The minimum absolute atomic E-state index is 0.00190. The summed E-state index contributed by atoms with van der Waals surface area (Å²) in [6.45, 7) is 3.62. The van der Waals surface area contributed by atoms with Gasteiger partial charge in [0.2, 0.25) is 0 Å². The first-order chi connectivity index (χ1) is 17.8. The molecule has 0 aliphatic carbocycles. The van der Waals surface area contributed by atoms with Gasteiger partial charge in [-0.2, -0.15) is 26.3 Å². The highest BCUT2D eigenvalue weighted by Crippen LogP contribution is 2.37. The summed E-state index contributed by atoms with van der Waals surface area (Å²) in [7, 11) is 1.44. The molecule has 0 spiro atoms. The van der Waals surface area contributed by atoms with Gasteiger partial charge in [0, 0.05) is 19.2 Å². The first-order valence-electron chi connectivity index (χ1n) is 11.9. The van der Waals surface area contributed by atoms with Crippen LogP contribution in [-0.2, 0) is 23.6 Å². The summed E-state index contributed by atoms with van der Waals surface area (Å²) in [6, 6.07) is 6.44. The summed E-state index contributed by atoms with van der Waals surface area (Å²) in [4.78, 5) is 32.7. The van der Waals surface area contributed by atoms with Crippen molar-refractivity contribution in [1.82, 2.24) is 14.5 Å². The third-order valence-corrected chi connectivity index (χ3v) is 6.03. The molecule has 38 heavy (non-hydrogen) atoms. The van der Waals surface area contributed by atoms with Crippen LogP contribution in [0.3, 0.4) is 0 Å². The Labute approximate surface area is 214 Å². The van der Waals surface area contributed by atoms with Crippen LogP contribution in [0, 0.1) is 0 Å². The Hall–Kier alpha value is -3.41. The first kappa shape index (κ1) is 29.2. The van der Waals surface area contributed by atoms with Crippen molar-refractivity contribution < 1.29 is 35.9 Å². The maximum Gasteiger partial charge on any atom is 0.416 e. The number of hydrogen-bond donors (Lipinski definition) is 0.